The third-order valence-corrected chi connectivity index (χ3v) is 5.40. The van der Waals surface area contributed by atoms with Crippen LogP contribution in [0, 0.1) is 5.92 Å². The van der Waals surface area contributed by atoms with Crippen molar-refractivity contribution in [2.24, 2.45) is 5.92 Å². The molecule has 1 aromatic rings. The highest BCUT2D eigenvalue weighted by Gasteiger charge is 2.43. The second kappa shape index (κ2) is 8.65. The first-order valence-electron chi connectivity index (χ1n) is 9.97. The number of hydrogen-bond donors (Lipinski definition) is 1. The highest BCUT2D eigenvalue weighted by atomic mass is 16.2. The van der Waals surface area contributed by atoms with Crippen molar-refractivity contribution in [2.45, 2.75) is 45.6 Å². The summed E-state index contributed by atoms with van der Waals surface area (Å²) in [5.74, 6) is -1.16. The normalized spacial score (nSPS) is 18.7. The van der Waals surface area contributed by atoms with Crippen molar-refractivity contribution in [1.29, 1.82) is 0 Å². The molecule has 0 bridgehead atoms. The van der Waals surface area contributed by atoms with Crippen molar-refractivity contribution in [1.82, 2.24) is 15.1 Å². The van der Waals surface area contributed by atoms with E-state index in [4.69, 9.17) is 0 Å². The van der Waals surface area contributed by atoms with Crippen LogP contribution in [0.4, 0.5) is 0 Å². The largest absolute Gasteiger partial charge is 0.354 e. The van der Waals surface area contributed by atoms with Gasteiger partial charge in [-0.3, -0.25) is 19.3 Å². The molecular formula is C21H29N3O3. The summed E-state index contributed by atoms with van der Waals surface area (Å²) in [6.45, 7) is 7.53. The van der Waals surface area contributed by atoms with Gasteiger partial charge in [0.15, 0.2) is 0 Å². The van der Waals surface area contributed by atoms with E-state index in [9.17, 15) is 14.4 Å². The summed E-state index contributed by atoms with van der Waals surface area (Å²) >= 11 is 0. The van der Waals surface area contributed by atoms with Crippen LogP contribution in [0.25, 0.3) is 0 Å². The van der Waals surface area contributed by atoms with Gasteiger partial charge in [0.05, 0.1) is 11.1 Å². The third-order valence-electron chi connectivity index (χ3n) is 5.40. The Morgan fingerprint density at radius 1 is 1.04 bits per heavy atom. The summed E-state index contributed by atoms with van der Waals surface area (Å²) in [6, 6.07) is 5.97. The Morgan fingerprint density at radius 3 is 2.19 bits per heavy atom. The molecule has 0 aromatic heterocycles. The minimum Gasteiger partial charge on any atom is -0.354 e. The van der Waals surface area contributed by atoms with E-state index in [0.29, 0.717) is 17.7 Å². The monoisotopic (exact) mass is 371 g/mol. The van der Waals surface area contributed by atoms with E-state index in [2.05, 4.69) is 10.2 Å². The highest BCUT2D eigenvalue weighted by Crippen LogP contribution is 2.27. The van der Waals surface area contributed by atoms with Crippen LogP contribution < -0.4 is 5.32 Å². The SMILES string of the molecule is CC(C)C(C(=O)NCCCN1CCCCC1)N1C(=O)c2ccccc2C1=O. The highest BCUT2D eigenvalue weighted by molar-refractivity contribution is 6.22. The van der Waals surface area contributed by atoms with Crippen LogP contribution in [0.5, 0.6) is 0 Å². The molecule has 6 nitrogen and oxygen atoms in total. The first-order valence-corrected chi connectivity index (χ1v) is 9.97. The quantitative estimate of drug-likeness (QED) is 0.590. The van der Waals surface area contributed by atoms with Crippen molar-refractivity contribution in [3.8, 4) is 0 Å². The first kappa shape index (κ1) is 19.5. The number of amides is 3. The molecule has 2 aliphatic rings. The lowest BCUT2D eigenvalue weighted by Crippen LogP contribution is -2.52. The van der Waals surface area contributed by atoms with E-state index in [1.165, 1.54) is 19.3 Å². The predicted octanol–water partition coefficient (Wildman–Crippen LogP) is 2.30. The van der Waals surface area contributed by atoms with Crippen LogP contribution in [0.1, 0.15) is 60.2 Å². The molecule has 0 aliphatic carbocycles. The van der Waals surface area contributed by atoms with Gasteiger partial charge in [0.1, 0.15) is 6.04 Å². The minimum absolute atomic E-state index is 0.158. The molecule has 3 amide bonds. The molecule has 1 aromatic carbocycles. The van der Waals surface area contributed by atoms with E-state index >= 15 is 0 Å². The van der Waals surface area contributed by atoms with Gasteiger partial charge in [0, 0.05) is 6.54 Å². The van der Waals surface area contributed by atoms with Crippen LogP contribution in [-0.4, -0.2) is 59.7 Å². The molecule has 1 fully saturated rings. The van der Waals surface area contributed by atoms with E-state index in [1.807, 2.05) is 13.8 Å². The molecule has 2 heterocycles. The number of benzene rings is 1. The number of rotatable bonds is 7. The smallest absolute Gasteiger partial charge is 0.262 e. The number of imide groups is 1. The molecule has 146 valence electrons. The zero-order chi connectivity index (χ0) is 19.4. The third kappa shape index (κ3) is 4.21. The Bertz CT molecular complexity index is 675. The van der Waals surface area contributed by atoms with Gasteiger partial charge < -0.3 is 10.2 Å². The first-order chi connectivity index (χ1) is 13.0. The minimum atomic E-state index is -0.785. The van der Waals surface area contributed by atoms with Gasteiger partial charge in [-0.15, -0.1) is 0 Å². The summed E-state index contributed by atoms with van der Waals surface area (Å²) < 4.78 is 0. The summed E-state index contributed by atoms with van der Waals surface area (Å²) in [5.41, 5.74) is 0.761. The Kier molecular flexibility index (Phi) is 6.26. The summed E-state index contributed by atoms with van der Waals surface area (Å²) in [6.07, 6.45) is 4.69. The lowest BCUT2D eigenvalue weighted by molar-refractivity contribution is -0.126. The molecule has 2 aliphatic heterocycles. The van der Waals surface area contributed by atoms with E-state index < -0.39 is 6.04 Å². The molecule has 1 saturated heterocycles. The lowest BCUT2D eigenvalue weighted by Gasteiger charge is -2.29. The van der Waals surface area contributed by atoms with E-state index in [0.717, 1.165) is 31.0 Å². The maximum atomic E-state index is 12.8. The second-order valence-corrected chi connectivity index (χ2v) is 7.76. The van der Waals surface area contributed by atoms with Gasteiger partial charge in [-0.2, -0.15) is 0 Å². The second-order valence-electron chi connectivity index (χ2n) is 7.76. The van der Waals surface area contributed by atoms with E-state index in [-0.39, 0.29) is 23.6 Å². The Labute approximate surface area is 160 Å². The predicted molar refractivity (Wildman–Crippen MR) is 103 cm³/mol. The van der Waals surface area contributed by atoms with Crippen molar-refractivity contribution in [3.63, 3.8) is 0 Å². The number of carbonyl (C=O) groups is 3. The Balaban J connectivity index is 1.59. The molecular weight excluding hydrogens is 342 g/mol. The van der Waals surface area contributed by atoms with Crippen LogP contribution >= 0.6 is 0 Å². The fourth-order valence-electron chi connectivity index (χ4n) is 3.98. The average molecular weight is 371 g/mol. The molecule has 0 spiro atoms. The van der Waals surface area contributed by atoms with Crippen LogP contribution in [0.15, 0.2) is 24.3 Å². The molecule has 1 N–H and O–H groups in total. The molecule has 6 heteroatoms. The standard InChI is InChI=1S/C21H29N3O3/c1-15(2)18(19(25)22-11-8-14-23-12-6-3-7-13-23)24-20(26)16-9-4-5-10-17(16)21(24)27/h4-5,9-10,15,18H,3,6-8,11-14H2,1-2H3,(H,22,25). The Morgan fingerprint density at radius 2 is 1.63 bits per heavy atom. The zero-order valence-corrected chi connectivity index (χ0v) is 16.2. The van der Waals surface area contributed by atoms with Gasteiger partial charge >= 0.3 is 0 Å². The van der Waals surface area contributed by atoms with Gasteiger partial charge in [-0.25, -0.2) is 0 Å². The number of carbonyl (C=O) groups excluding carboxylic acids is 3. The number of nitrogens with zero attached hydrogens (tertiary/aromatic N) is 2. The summed E-state index contributed by atoms with van der Waals surface area (Å²) in [4.78, 5) is 41.8. The molecule has 0 saturated carbocycles. The number of likely N-dealkylation sites (tertiary alicyclic amines) is 1. The zero-order valence-electron chi connectivity index (χ0n) is 16.2. The van der Waals surface area contributed by atoms with Gasteiger partial charge in [-0.05, 0) is 56.9 Å². The maximum absolute atomic E-state index is 12.8. The summed E-state index contributed by atoms with van der Waals surface area (Å²) in [5, 5.41) is 2.94. The topological polar surface area (TPSA) is 69.7 Å². The van der Waals surface area contributed by atoms with Crippen LogP contribution in [0.2, 0.25) is 0 Å². The fourth-order valence-corrected chi connectivity index (χ4v) is 3.98. The number of piperidine rings is 1. The molecule has 1 unspecified atom stereocenters. The molecule has 3 rings (SSSR count). The summed E-state index contributed by atoms with van der Waals surface area (Å²) in [7, 11) is 0. The van der Waals surface area contributed by atoms with Crippen molar-refractivity contribution >= 4 is 17.7 Å². The van der Waals surface area contributed by atoms with Crippen molar-refractivity contribution in [2.75, 3.05) is 26.2 Å². The van der Waals surface area contributed by atoms with Crippen LogP contribution in [-0.2, 0) is 4.79 Å². The van der Waals surface area contributed by atoms with Crippen LogP contribution in [0.3, 0.4) is 0 Å². The number of nitrogens with one attached hydrogen (secondary N) is 1. The Hall–Kier alpha value is -2.21. The van der Waals surface area contributed by atoms with Gasteiger partial charge in [0.2, 0.25) is 5.91 Å². The number of fused-ring (bicyclic) bond motifs is 1. The van der Waals surface area contributed by atoms with E-state index in [1.54, 1.807) is 24.3 Å². The molecule has 0 radical (unpaired) electrons. The maximum Gasteiger partial charge on any atom is 0.262 e. The lowest BCUT2D eigenvalue weighted by atomic mass is 10.0. The van der Waals surface area contributed by atoms with Crippen molar-refractivity contribution < 1.29 is 14.4 Å². The average Bonchev–Trinajstić information content (AvgIpc) is 2.92. The van der Waals surface area contributed by atoms with Crippen molar-refractivity contribution in [3.05, 3.63) is 35.4 Å². The van der Waals surface area contributed by atoms with Gasteiger partial charge in [-0.1, -0.05) is 32.4 Å². The number of hydrogen-bond acceptors (Lipinski definition) is 4. The van der Waals surface area contributed by atoms with Gasteiger partial charge in [0.25, 0.3) is 11.8 Å². The molecule has 27 heavy (non-hydrogen) atoms. The fraction of sp³-hybridized carbons (Fsp3) is 0.571. The molecule has 1 atom stereocenters.